The van der Waals surface area contributed by atoms with E-state index in [4.69, 9.17) is 15.2 Å². The van der Waals surface area contributed by atoms with Gasteiger partial charge in [-0.15, -0.1) is 0 Å². The molecule has 0 saturated heterocycles. The maximum Gasteiger partial charge on any atom is 0.157 e. The van der Waals surface area contributed by atoms with Crippen LogP contribution in [0.2, 0.25) is 0 Å². The molecule has 6 nitrogen and oxygen atoms in total. The minimum absolute atomic E-state index is 0.0844. The summed E-state index contributed by atoms with van der Waals surface area (Å²) in [6, 6.07) is 5.05. The number of ether oxygens (including phenoxy) is 2. The first-order valence-corrected chi connectivity index (χ1v) is 9.42. The van der Waals surface area contributed by atoms with Crippen molar-refractivity contribution in [2.24, 2.45) is 5.73 Å². The van der Waals surface area contributed by atoms with Gasteiger partial charge in [0, 0.05) is 23.9 Å². The van der Waals surface area contributed by atoms with E-state index in [1.807, 2.05) is 19.9 Å². The number of phenolic OH excluding ortho intramolecular Hbond substituents is 1. The molecule has 0 bridgehead atoms. The molecule has 0 spiro atoms. The van der Waals surface area contributed by atoms with Crippen molar-refractivity contribution in [2.45, 2.75) is 40.2 Å². The van der Waals surface area contributed by atoms with Crippen LogP contribution in [-0.4, -0.2) is 43.8 Å². The smallest absolute Gasteiger partial charge is 0.157 e. The number of hydrogen-bond acceptors (Lipinski definition) is 6. The van der Waals surface area contributed by atoms with Gasteiger partial charge in [-0.25, -0.2) is 0 Å². The fraction of sp³-hybridized carbons (Fsp3) is 0.476. The quantitative estimate of drug-likeness (QED) is 0.604. The van der Waals surface area contributed by atoms with E-state index < -0.39 is 0 Å². The minimum Gasteiger partial charge on any atom is -0.507 e. The van der Waals surface area contributed by atoms with E-state index in [2.05, 4.69) is 19.2 Å². The van der Waals surface area contributed by atoms with Gasteiger partial charge in [-0.3, -0.25) is 4.79 Å². The summed E-state index contributed by atoms with van der Waals surface area (Å²) < 4.78 is 11.4. The molecule has 1 heterocycles. The highest BCUT2D eigenvalue weighted by atomic mass is 16.5. The third-order valence-electron chi connectivity index (χ3n) is 3.88. The van der Waals surface area contributed by atoms with Crippen LogP contribution in [0.3, 0.4) is 0 Å². The molecule has 0 aliphatic carbocycles. The van der Waals surface area contributed by atoms with E-state index >= 15 is 0 Å². The second-order valence-electron chi connectivity index (χ2n) is 6.13. The van der Waals surface area contributed by atoms with E-state index in [1.165, 1.54) is 6.07 Å². The van der Waals surface area contributed by atoms with Crippen molar-refractivity contribution in [1.82, 2.24) is 5.32 Å². The number of phenols is 1. The van der Waals surface area contributed by atoms with Crippen molar-refractivity contribution in [1.29, 1.82) is 0 Å². The van der Waals surface area contributed by atoms with Gasteiger partial charge in [0.25, 0.3) is 0 Å². The number of nitrogens with one attached hydrogen (secondary N) is 1. The Morgan fingerprint density at radius 1 is 1.41 bits per heavy atom. The van der Waals surface area contributed by atoms with Gasteiger partial charge in [0.1, 0.15) is 18.1 Å². The number of hydrogen-bond donors (Lipinski definition) is 3. The summed E-state index contributed by atoms with van der Waals surface area (Å²) in [5.41, 5.74) is 8.96. The van der Waals surface area contributed by atoms with Gasteiger partial charge in [0.15, 0.2) is 6.29 Å². The Morgan fingerprint density at radius 3 is 2.78 bits per heavy atom. The minimum atomic E-state index is -0.0844. The summed E-state index contributed by atoms with van der Waals surface area (Å²) in [5, 5.41) is 13.2. The highest BCUT2D eigenvalue weighted by Crippen LogP contribution is 2.27. The third kappa shape index (κ3) is 6.73. The van der Waals surface area contributed by atoms with Gasteiger partial charge in [0.05, 0.1) is 18.8 Å². The van der Waals surface area contributed by atoms with Crippen molar-refractivity contribution in [3.8, 4) is 11.5 Å². The lowest BCUT2D eigenvalue weighted by molar-refractivity contribution is 0.111. The molecule has 4 N–H and O–H groups in total. The van der Waals surface area contributed by atoms with Crippen LogP contribution in [0.4, 0.5) is 0 Å². The van der Waals surface area contributed by atoms with E-state index in [1.54, 1.807) is 12.1 Å². The number of nitrogens with two attached hydrogens (primary N) is 1. The van der Waals surface area contributed by atoms with Gasteiger partial charge in [-0.1, -0.05) is 19.9 Å². The molecule has 2 rings (SSSR count). The zero-order valence-electron chi connectivity index (χ0n) is 16.7. The highest BCUT2D eigenvalue weighted by Gasteiger charge is 2.18. The summed E-state index contributed by atoms with van der Waals surface area (Å²) in [6.07, 6.45) is 3.28. The van der Waals surface area contributed by atoms with Gasteiger partial charge in [-0.2, -0.15) is 0 Å². The third-order valence-corrected chi connectivity index (χ3v) is 3.88. The maximum atomic E-state index is 11.2. The summed E-state index contributed by atoms with van der Waals surface area (Å²) >= 11 is 0. The Hall–Kier alpha value is -2.31. The average molecular weight is 376 g/mol. The molecule has 0 saturated carbocycles. The predicted molar refractivity (Wildman–Crippen MR) is 108 cm³/mol. The summed E-state index contributed by atoms with van der Waals surface area (Å²) in [5.74, 6) is 0.286. The number of aldehydes is 1. The molecular weight excluding hydrogens is 344 g/mol. The summed E-state index contributed by atoms with van der Waals surface area (Å²) in [4.78, 5) is 11.2. The van der Waals surface area contributed by atoms with Crippen LogP contribution in [0, 0.1) is 0 Å². The normalized spacial score (nSPS) is 14.5. The Morgan fingerprint density at radius 2 is 2.15 bits per heavy atom. The van der Waals surface area contributed by atoms with Crippen molar-refractivity contribution < 1.29 is 19.4 Å². The zero-order chi connectivity index (χ0) is 20.2. The molecular formula is C21H32N2O4. The first-order chi connectivity index (χ1) is 13.1. The van der Waals surface area contributed by atoms with E-state index in [0.717, 1.165) is 23.3 Å². The molecule has 0 radical (unpaired) electrons. The van der Waals surface area contributed by atoms with Gasteiger partial charge in [0.2, 0.25) is 0 Å². The van der Waals surface area contributed by atoms with Crippen molar-refractivity contribution in [2.75, 3.05) is 26.4 Å². The number of rotatable bonds is 8. The lowest BCUT2D eigenvalue weighted by Gasteiger charge is -2.25. The predicted octanol–water partition coefficient (Wildman–Crippen LogP) is 3.17. The van der Waals surface area contributed by atoms with Crippen molar-refractivity contribution in [3.63, 3.8) is 0 Å². The van der Waals surface area contributed by atoms with Crippen LogP contribution in [0.1, 0.15) is 44.5 Å². The van der Waals surface area contributed by atoms with Gasteiger partial charge >= 0.3 is 0 Å². The van der Waals surface area contributed by atoms with Crippen LogP contribution >= 0.6 is 0 Å². The number of carbonyl (C=O) groups excluding carboxylic acids is 1. The lowest BCUT2D eigenvalue weighted by atomic mass is 10.0. The fourth-order valence-corrected chi connectivity index (χ4v) is 2.69. The number of benzene rings is 1. The fourth-order valence-electron chi connectivity index (χ4n) is 2.69. The molecule has 1 aliphatic rings. The lowest BCUT2D eigenvalue weighted by Crippen LogP contribution is -2.28. The topological polar surface area (TPSA) is 93.8 Å². The maximum absolute atomic E-state index is 11.2. The molecule has 1 aromatic carbocycles. The van der Waals surface area contributed by atoms with E-state index in [9.17, 15) is 9.90 Å². The molecule has 150 valence electrons. The molecule has 1 aromatic rings. The molecule has 0 fully saturated rings. The molecule has 0 atom stereocenters. The standard InChI is InChI=1S/C19H26N2O4.C2H6/c1-13(2)21-17(6-8-20)16-12-24-9-7-14(16)11-25-19-5-3-4-18(23)15(19)10-22;1-2/h3-6,10,13,21,23H,7-9,11-12,20H2,1-2H3;1-2H3/b17-6-;. The molecule has 27 heavy (non-hydrogen) atoms. The average Bonchev–Trinajstić information content (AvgIpc) is 2.67. The molecule has 6 heteroatoms. The van der Waals surface area contributed by atoms with E-state index in [-0.39, 0.29) is 17.4 Å². The van der Waals surface area contributed by atoms with Crippen LogP contribution in [0.5, 0.6) is 11.5 Å². The van der Waals surface area contributed by atoms with E-state index in [0.29, 0.717) is 38.4 Å². The molecule has 0 aromatic heterocycles. The van der Waals surface area contributed by atoms with Gasteiger partial charge in [-0.05, 0) is 44.1 Å². The van der Waals surface area contributed by atoms with Crippen molar-refractivity contribution >= 4 is 6.29 Å². The highest BCUT2D eigenvalue weighted by molar-refractivity contribution is 5.83. The van der Waals surface area contributed by atoms with Crippen LogP contribution < -0.4 is 15.8 Å². The van der Waals surface area contributed by atoms with Crippen molar-refractivity contribution in [3.05, 3.63) is 46.7 Å². The molecule has 0 unspecified atom stereocenters. The number of aromatic hydroxyl groups is 1. The van der Waals surface area contributed by atoms with Crippen LogP contribution in [-0.2, 0) is 4.74 Å². The Balaban J connectivity index is 0.00000176. The second-order valence-corrected chi connectivity index (χ2v) is 6.13. The summed E-state index contributed by atoms with van der Waals surface area (Å²) in [6.45, 7) is 9.99. The molecule has 1 aliphatic heterocycles. The monoisotopic (exact) mass is 376 g/mol. The van der Waals surface area contributed by atoms with Crippen LogP contribution in [0.25, 0.3) is 0 Å². The SMILES string of the molecule is CC.CC(C)N/C(=C\CN)C1=C(COc2cccc(O)c2C=O)CCOC1. The Kier molecular flexibility index (Phi) is 10.2. The van der Waals surface area contributed by atoms with Crippen LogP contribution in [0.15, 0.2) is 41.1 Å². The second kappa shape index (κ2) is 12.1. The summed E-state index contributed by atoms with van der Waals surface area (Å²) in [7, 11) is 0. The number of carbonyl (C=O) groups is 1. The van der Waals surface area contributed by atoms with Gasteiger partial charge < -0.3 is 25.6 Å². The molecule has 0 amide bonds. The Labute approximate surface area is 162 Å². The Bertz CT molecular complexity index is 666. The zero-order valence-corrected chi connectivity index (χ0v) is 16.7. The first-order valence-electron chi connectivity index (χ1n) is 9.42. The first kappa shape index (κ1) is 22.7. The largest absolute Gasteiger partial charge is 0.507 e.